The Bertz CT molecular complexity index is 870. The van der Waals surface area contributed by atoms with E-state index < -0.39 is 17.5 Å². The number of alkyl halides is 3. The minimum atomic E-state index is -4.52. The van der Waals surface area contributed by atoms with E-state index in [1.807, 2.05) is 6.92 Å². The van der Waals surface area contributed by atoms with E-state index in [9.17, 15) is 18.0 Å². The molecule has 0 amide bonds. The van der Waals surface area contributed by atoms with Crippen LogP contribution in [-0.2, 0) is 10.2 Å². The highest BCUT2D eigenvalue weighted by Crippen LogP contribution is 2.50. The minimum absolute atomic E-state index is 0.0942. The topological polar surface area (TPSA) is 17.1 Å². The van der Waals surface area contributed by atoms with Crippen molar-refractivity contribution in [1.29, 1.82) is 0 Å². The molecular weight excluding hydrogens is 361 g/mol. The summed E-state index contributed by atoms with van der Waals surface area (Å²) in [5, 5.41) is 0. The van der Waals surface area contributed by atoms with E-state index in [0.29, 0.717) is 23.8 Å². The first-order valence-electron chi connectivity index (χ1n) is 9.14. The number of allylic oxidation sites excluding steroid dienone is 6. The SMILES string of the molecule is C=Cc1cc(C(C)(C2=CC=C(C=O)C(C=C)C2)C(F)(F)F)ccc1C(=C)CC. The Morgan fingerprint density at radius 1 is 1.25 bits per heavy atom. The van der Waals surface area contributed by atoms with E-state index >= 15 is 0 Å². The highest BCUT2D eigenvalue weighted by atomic mass is 19.4. The Balaban J connectivity index is 2.68. The molecule has 148 valence electrons. The zero-order valence-corrected chi connectivity index (χ0v) is 16.3. The molecule has 1 aliphatic rings. The normalized spacial score (nSPS) is 19.1. The lowest BCUT2D eigenvalue weighted by atomic mass is 9.69. The van der Waals surface area contributed by atoms with Gasteiger partial charge in [0.15, 0.2) is 0 Å². The van der Waals surface area contributed by atoms with Crippen molar-refractivity contribution in [3.05, 3.63) is 84.0 Å². The number of benzene rings is 1. The average molecular weight is 386 g/mol. The van der Waals surface area contributed by atoms with Crippen LogP contribution in [0.3, 0.4) is 0 Å². The zero-order chi connectivity index (χ0) is 21.1. The molecule has 0 saturated heterocycles. The summed E-state index contributed by atoms with van der Waals surface area (Å²) in [5.74, 6) is -0.433. The molecule has 0 fully saturated rings. The van der Waals surface area contributed by atoms with Crippen LogP contribution in [0, 0.1) is 5.92 Å². The maximum Gasteiger partial charge on any atom is 0.401 e. The Labute approximate surface area is 164 Å². The quantitative estimate of drug-likeness (QED) is 0.371. The number of hydrogen-bond acceptors (Lipinski definition) is 1. The van der Waals surface area contributed by atoms with Crippen LogP contribution in [0.4, 0.5) is 13.2 Å². The average Bonchev–Trinajstić information content (AvgIpc) is 2.70. The Morgan fingerprint density at radius 2 is 1.93 bits per heavy atom. The molecule has 28 heavy (non-hydrogen) atoms. The first kappa shape index (κ1) is 21.7. The lowest BCUT2D eigenvalue weighted by molar-refractivity contribution is -0.175. The van der Waals surface area contributed by atoms with Gasteiger partial charge in [-0.1, -0.05) is 62.1 Å². The Kier molecular flexibility index (Phi) is 6.33. The highest BCUT2D eigenvalue weighted by molar-refractivity contribution is 5.76. The van der Waals surface area contributed by atoms with Gasteiger partial charge in [0, 0.05) is 5.92 Å². The summed E-state index contributed by atoms with van der Waals surface area (Å²) in [6, 6.07) is 4.74. The molecule has 2 rings (SSSR count). The molecule has 0 spiro atoms. The van der Waals surface area contributed by atoms with Crippen molar-refractivity contribution in [2.45, 2.75) is 38.3 Å². The number of hydrogen-bond donors (Lipinski definition) is 0. The fourth-order valence-electron chi connectivity index (χ4n) is 3.55. The second-order valence-electron chi connectivity index (χ2n) is 7.11. The Morgan fingerprint density at radius 3 is 2.43 bits per heavy atom. The molecule has 0 bridgehead atoms. The van der Waals surface area contributed by atoms with Gasteiger partial charge in [-0.3, -0.25) is 4.79 Å². The smallest absolute Gasteiger partial charge is 0.298 e. The van der Waals surface area contributed by atoms with Crippen LogP contribution in [0.2, 0.25) is 0 Å². The lowest BCUT2D eigenvalue weighted by Crippen LogP contribution is -2.42. The third kappa shape index (κ3) is 3.68. The summed E-state index contributed by atoms with van der Waals surface area (Å²) in [7, 11) is 0. The number of carbonyl (C=O) groups is 1. The predicted molar refractivity (Wildman–Crippen MR) is 110 cm³/mol. The van der Waals surface area contributed by atoms with Crippen LogP contribution in [-0.4, -0.2) is 12.5 Å². The molecule has 0 heterocycles. The maximum absolute atomic E-state index is 14.3. The molecule has 4 heteroatoms. The fourth-order valence-corrected chi connectivity index (χ4v) is 3.55. The summed E-state index contributed by atoms with van der Waals surface area (Å²) in [4.78, 5) is 11.2. The van der Waals surface area contributed by atoms with Crippen molar-refractivity contribution in [2.24, 2.45) is 5.92 Å². The second kappa shape index (κ2) is 8.17. The van der Waals surface area contributed by atoms with Crippen LogP contribution in [0.15, 0.2) is 67.3 Å². The van der Waals surface area contributed by atoms with Gasteiger partial charge < -0.3 is 0 Å². The minimum Gasteiger partial charge on any atom is -0.298 e. The van der Waals surface area contributed by atoms with E-state index in [1.165, 1.54) is 31.2 Å². The molecule has 0 aliphatic heterocycles. The van der Waals surface area contributed by atoms with Gasteiger partial charge in [-0.25, -0.2) is 0 Å². The van der Waals surface area contributed by atoms with Crippen molar-refractivity contribution in [2.75, 3.05) is 0 Å². The van der Waals surface area contributed by atoms with Gasteiger partial charge in [-0.2, -0.15) is 13.2 Å². The molecule has 0 radical (unpaired) electrons. The molecule has 2 unspecified atom stereocenters. The van der Waals surface area contributed by atoms with Crippen LogP contribution < -0.4 is 0 Å². The van der Waals surface area contributed by atoms with Crippen LogP contribution in [0.1, 0.15) is 43.4 Å². The van der Waals surface area contributed by atoms with Crippen LogP contribution in [0.5, 0.6) is 0 Å². The van der Waals surface area contributed by atoms with Crippen molar-refractivity contribution < 1.29 is 18.0 Å². The molecule has 0 saturated carbocycles. The van der Waals surface area contributed by atoms with Crippen molar-refractivity contribution >= 4 is 17.9 Å². The second-order valence-corrected chi connectivity index (χ2v) is 7.11. The Hall–Kier alpha value is -2.62. The van der Waals surface area contributed by atoms with Crippen LogP contribution in [0.25, 0.3) is 11.6 Å². The monoisotopic (exact) mass is 386 g/mol. The summed E-state index contributed by atoms with van der Waals surface area (Å²) in [5.41, 5.74) is 0.855. The molecule has 1 aromatic rings. The fraction of sp³-hybridized carbons (Fsp3) is 0.292. The van der Waals surface area contributed by atoms with Gasteiger partial charge in [-0.05, 0) is 53.7 Å². The number of carbonyl (C=O) groups excluding carboxylic acids is 1. The summed E-state index contributed by atoms with van der Waals surface area (Å²) >= 11 is 0. The molecule has 0 N–H and O–H groups in total. The molecular formula is C24H25F3O. The van der Waals surface area contributed by atoms with Crippen molar-refractivity contribution in [3.8, 4) is 0 Å². The van der Waals surface area contributed by atoms with Gasteiger partial charge in [0.05, 0.1) is 0 Å². The van der Waals surface area contributed by atoms with E-state index in [2.05, 4.69) is 19.7 Å². The molecule has 0 aromatic heterocycles. The summed E-state index contributed by atoms with van der Waals surface area (Å²) in [6.45, 7) is 14.5. The van der Waals surface area contributed by atoms with E-state index in [4.69, 9.17) is 0 Å². The standard InChI is InChI=1S/C24H25F3O/c1-6-16(4)22-12-11-21(14-18(22)8-3)23(5,24(25,26)27)20-10-9-19(15-28)17(7-2)13-20/h7-12,14-15,17H,2-4,6,13H2,1,5H3. The van der Waals surface area contributed by atoms with Crippen molar-refractivity contribution in [3.63, 3.8) is 0 Å². The largest absolute Gasteiger partial charge is 0.401 e. The molecule has 1 aliphatic carbocycles. The first-order valence-corrected chi connectivity index (χ1v) is 9.14. The van der Waals surface area contributed by atoms with E-state index in [-0.39, 0.29) is 17.6 Å². The van der Waals surface area contributed by atoms with Gasteiger partial charge in [-0.15, -0.1) is 6.58 Å². The highest BCUT2D eigenvalue weighted by Gasteiger charge is 2.55. The number of aldehydes is 1. The zero-order valence-electron chi connectivity index (χ0n) is 16.3. The third-order valence-electron chi connectivity index (χ3n) is 5.63. The van der Waals surface area contributed by atoms with Crippen molar-refractivity contribution in [1.82, 2.24) is 0 Å². The van der Waals surface area contributed by atoms with Gasteiger partial charge >= 0.3 is 6.18 Å². The lowest BCUT2D eigenvalue weighted by Gasteiger charge is -2.38. The van der Waals surface area contributed by atoms with Gasteiger partial charge in [0.2, 0.25) is 0 Å². The molecule has 1 aromatic carbocycles. The third-order valence-corrected chi connectivity index (χ3v) is 5.63. The first-order chi connectivity index (χ1) is 13.1. The van der Waals surface area contributed by atoms with E-state index in [0.717, 1.165) is 11.1 Å². The molecule has 2 atom stereocenters. The summed E-state index contributed by atoms with van der Waals surface area (Å²) in [6.07, 6.45) is 2.91. The van der Waals surface area contributed by atoms with Gasteiger partial charge in [0.25, 0.3) is 0 Å². The maximum atomic E-state index is 14.3. The number of halogens is 3. The van der Waals surface area contributed by atoms with Crippen LogP contribution >= 0.6 is 0 Å². The predicted octanol–water partition coefficient (Wildman–Crippen LogP) is 6.83. The molecule has 1 nitrogen and oxygen atoms in total. The van der Waals surface area contributed by atoms with E-state index in [1.54, 1.807) is 18.2 Å². The van der Waals surface area contributed by atoms with Gasteiger partial charge in [0.1, 0.15) is 11.7 Å². The number of rotatable bonds is 7. The summed E-state index contributed by atoms with van der Waals surface area (Å²) < 4.78 is 43.0.